The molecule has 0 aliphatic rings. The maximum absolute atomic E-state index is 12.3. The van der Waals surface area contributed by atoms with E-state index in [9.17, 15) is 4.79 Å². The molecular weight excluding hydrogens is 270 g/mol. The van der Waals surface area contributed by atoms with Gasteiger partial charge in [0.15, 0.2) is 6.33 Å². The van der Waals surface area contributed by atoms with E-state index in [1.165, 1.54) is 6.33 Å². The lowest BCUT2D eigenvalue weighted by Gasteiger charge is -2.08. The van der Waals surface area contributed by atoms with Gasteiger partial charge in [-0.3, -0.25) is 4.79 Å². The molecule has 0 aliphatic heterocycles. The van der Waals surface area contributed by atoms with Gasteiger partial charge in [-0.05, 0) is 12.1 Å². The van der Waals surface area contributed by atoms with Crippen LogP contribution in [0.15, 0.2) is 41.2 Å². The third-order valence-corrected chi connectivity index (χ3v) is 3.01. The number of para-hydroxylation sites is 1. The number of nitrogens with zero attached hydrogens (tertiary/aromatic N) is 3. The Kier molecular flexibility index (Phi) is 3.46. The Hall–Kier alpha value is -2.96. The van der Waals surface area contributed by atoms with E-state index in [-0.39, 0.29) is 5.91 Å². The van der Waals surface area contributed by atoms with Gasteiger partial charge in [0.1, 0.15) is 5.82 Å². The van der Waals surface area contributed by atoms with E-state index < -0.39 is 0 Å². The van der Waals surface area contributed by atoms with E-state index in [1.54, 1.807) is 6.07 Å². The summed E-state index contributed by atoms with van der Waals surface area (Å²) in [5.74, 6) is 0.588. The number of aromatic nitrogens is 3. The fourth-order valence-corrected chi connectivity index (χ4v) is 2.07. The van der Waals surface area contributed by atoms with Crippen LogP contribution in [0.1, 0.15) is 16.2 Å². The second-order valence-electron chi connectivity index (χ2n) is 4.45. The minimum absolute atomic E-state index is 0.209. The molecule has 1 amide bonds. The lowest BCUT2D eigenvalue weighted by Crippen LogP contribution is -2.26. The number of nitrogens with one attached hydrogen (secondary N) is 1. The number of carbonyl (C=O) groups is 1. The van der Waals surface area contributed by atoms with Gasteiger partial charge in [-0.25, -0.2) is 4.98 Å². The van der Waals surface area contributed by atoms with Gasteiger partial charge >= 0.3 is 0 Å². The number of pyridine rings is 1. The van der Waals surface area contributed by atoms with Crippen LogP contribution < -0.4 is 11.1 Å². The standard InChI is InChI=1S/C14H13N5O2/c15-12-7-10(9-3-1-2-4-11(9)19-12)14(20)16-6-5-13-17-8-18-21-13/h1-4,7-8H,5-6H2,(H2,15,19)(H,16,20). The average molecular weight is 283 g/mol. The summed E-state index contributed by atoms with van der Waals surface area (Å²) in [5, 5.41) is 7.08. The quantitative estimate of drug-likeness (QED) is 0.744. The second kappa shape index (κ2) is 5.58. The van der Waals surface area contributed by atoms with Gasteiger partial charge in [-0.1, -0.05) is 23.4 Å². The van der Waals surface area contributed by atoms with E-state index in [0.717, 1.165) is 5.39 Å². The Morgan fingerprint density at radius 2 is 2.19 bits per heavy atom. The van der Waals surface area contributed by atoms with Crippen LogP contribution in [0.3, 0.4) is 0 Å². The first-order chi connectivity index (χ1) is 10.2. The molecule has 3 aromatic rings. The maximum atomic E-state index is 12.3. The second-order valence-corrected chi connectivity index (χ2v) is 4.45. The highest BCUT2D eigenvalue weighted by Gasteiger charge is 2.12. The molecule has 0 atom stereocenters. The highest BCUT2D eigenvalue weighted by molar-refractivity contribution is 6.06. The van der Waals surface area contributed by atoms with Crippen molar-refractivity contribution in [2.75, 3.05) is 12.3 Å². The number of benzene rings is 1. The first-order valence-electron chi connectivity index (χ1n) is 6.43. The molecule has 3 N–H and O–H groups in total. The van der Waals surface area contributed by atoms with Crippen molar-refractivity contribution in [3.8, 4) is 0 Å². The van der Waals surface area contributed by atoms with Crippen LogP contribution in [0.5, 0.6) is 0 Å². The van der Waals surface area contributed by atoms with Crippen molar-refractivity contribution in [1.82, 2.24) is 20.4 Å². The molecular formula is C14H13N5O2. The third kappa shape index (κ3) is 2.81. The molecule has 2 aromatic heterocycles. The number of amides is 1. The maximum Gasteiger partial charge on any atom is 0.252 e. The zero-order valence-corrected chi connectivity index (χ0v) is 11.1. The number of rotatable bonds is 4. The molecule has 7 nitrogen and oxygen atoms in total. The fourth-order valence-electron chi connectivity index (χ4n) is 2.07. The van der Waals surface area contributed by atoms with Crippen LogP contribution in [-0.4, -0.2) is 27.6 Å². The summed E-state index contributed by atoms with van der Waals surface area (Å²) in [6.07, 6.45) is 1.80. The highest BCUT2D eigenvalue weighted by Crippen LogP contribution is 2.19. The summed E-state index contributed by atoms with van der Waals surface area (Å²) in [6, 6.07) is 8.95. The SMILES string of the molecule is Nc1cc(C(=O)NCCc2ncno2)c2ccccc2n1. The summed E-state index contributed by atoms with van der Waals surface area (Å²) in [5.41, 5.74) is 6.94. The molecule has 7 heteroatoms. The molecule has 0 fully saturated rings. The number of fused-ring (bicyclic) bond motifs is 1. The fraction of sp³-hybridized carbons (Fsp3) is 0.143. The van der Waals surface area contributed by atoms with Gasteiger partial charge in [-0.15, -0.1) is 0 Å². The predicted octanol–water partition coefficient (Wildman–Crippen LogP) is 1.17. The minimum atomic E-state index is -0.209. The van der Waals surface area contributed by atoms with Crippen molar-refractivity contribution in [2.24, 2.45) is 0 Å². The van der Waals surface area contributed by atoms with Crippen LogP contribution in [0.2, 0.25) is 0 Å². The highest BCUT2D eigenvalue weighted by atomic mass is 16.5. The Bertz CT molecular complexity index is 770. The topological polar surface area (TPSA) is 107 Å². The lowest BCUT2D eigenvalue weighted by atomic mass is 10.1. The van der Waals surface area contributed by atoms with Crippen LogP contribution in [-0.2, 0) is 6.42 Å². The van der Waals surface area contributed by atoms with Gasteiger partial charge in [0.25, 0.3) is 5.91 Å². The summed E-state index contributed by atoms with van der Waals surface area (Å²) >= 11 is 0. The van der Waals surface area contributed by atoms with Crippen LogP contribution >= 0.6 is 0 Å². The van der Waals surface area contributed by atoms with Gasteiger partial charge in [-0.2, -0.15) is 4.98 Å². The van der Waals surface area contributed by atoms with Gasteiger partial charge in [0, 0.05) is 18.4 Å². The first kappa shape index (κ1) is 13.0. The molecule has 2 heterocycles. The summed E-state index contributed by atoms with van der Waals surface area (Å²) in [6.45, 7) is 0.400. The zero-order chi connectivity index (χ0) is 14.7. The van der Waals surface area contributed by atoms with E-state index in [4.69, 9.17) is 10.3 Å². The largest absolute Gasteiger partial charge is 0.384 e. The molecule has 21 heavy (non-hydrogen) atoms. The number of nitrogens with two attached hydrogens (primary N) is 1. The molecule has 0 saturated carbocycles. The summed E-state index contributed by atoms with van der Waals surface area (Å²) in [4.78, 5) is 20.4. The van der Waals surface area contributed by atoms with Crippen LogP contribution in [0.4, 0.5) is 5.82 Å². The third-order valence-electron chi connectivity index (χ3n) is 3.01. The van der Waals surface area contributed by atoms with Crippen molar-refractivity contribution < 1.29 is 9.32 Å². The van der Waals surface area contributed by atoms with E-state index >= 15 is 0 Å². The molecule has 0 unspecified atom stereocenters. The average Bonchev–Trinajstić information content (AvgIpc) is 2.99. The van der Waals surface area contributed by atoms with E-state index in [0.29, 0.717) is 35.8 Å². The lowest BCUT2D eigenvalue weighted by molar-refractivity contribution is 0.0955. The Labute approximate surface area is 120 Å². The van der Waals surface area contributed by atoms with Crippen molar-refractivity contribution in [1.29, 1.82) is 0 Å². The van der Waals surface area contributed by atoms with Gasteiger partial charge < -0.3 is 15.6 Å². The summed E-state index contributed by atoms with van der Waals surface area (Å²) < 4.78 is 4.87. The number of hydrogen-bond donors (Lipinski definition) is 2. The molecule has 1 aromatic carbocycles. The molecule has 0 aliphatic carbocycles. The van der Waals surface area contributed by atoms with Crippen LogP contribution in [0.25, 0.3) is 10.9 Å². The van der Waals surface area contributed by atoms with Crippen molar-refractivity contribution in [3.05, 3.63) is 48.1 Å². The predicted molar refractivity (Wildman–Crippen MR) is 76.5 cm³/mol. The number of anilines is 1. The molecule has 0 radical (unpaired) electrons. The van der Waals surface area contributed by atoms with Crippen molar-refractivity contribution in [2.45, 2.75) is 6.42 Å². The molecule has 0 bridgehead atoms. The monoisotopic (exact) mass is 283 g/mol. The molecule has 0 spiro atoms. The number of nitrogen functional groups attached to an aromatic ring is 1. The van der Waals surface area contributed by atoms with E-state index in [1.807, 2.05) is 24.3 Å². The molecule has 0 saturated heterocycles. The van der Waals surface area contributed by atoms with E-state index in [2.05, 4.69) is 20.4 Å². The number of carbonyl (C=O) groups excluding carboxylic acids is 1. The van der Waals surface area contributed by atoms with Gasteiger partial charge in [0.05, 0.1) is 11.1 Å². The summed E-state index contributed by atoms with van der Waals surface area (Å²) in [7, 11) is 0. The first-order valence-corrected chi connectivity index (χ1v) is 6.43. The zero-order valence-electron chi connectivity index (χ0n) is 11.1. The van der Waals surface area contributed by atoms with Crippen LogP contribution in [0, 0.1) is 0 Å². The van der Waals surface area contributed by atoms with Crippen molar-refractivity contribution in [3.63, 3.8) is 0 Å². The minimum Gasteiger partial charge on any atom is -0.384 e. The normalized spacial score (nSPS) is 10.7. The number of hydrogen-bond acceptors (Lipinski definition) is 6. The Balaban J connectivity index is 1.78. The van der Waals surface area contributed by atoms with Gasteiger partial charge in [0.2, 0.25) is 5.89 Å². The Morgan fingerprint density at radius 1 is 1.33 bits per heavy atom. The van der Waals surface area contributed by atoms with Crippen molar-refractivity contribution >= 4 is 22.6 Å². The molecule has 106 valence electrons. The Morgan fingerprint density at radius 3 is 3.00 bits per heavy atom. The molecule has 3 rings (SSSR count). The smallest absolute Gasteiger partial charge is 0.252 e.